The molecule has 0 bridgehead atoms. The van der Waals surface area contributed by atoms with Crippen LogP contribution in [0.5, 0.6) is 0 Å². The van der Waals surface area contributed by atoms with Crippen molar-refractivity contribution in [1.82, 2.24) is 14.9 Å². The van der Waals surface area contributed by atoms with Gasteiger partial charge in [-0.25, -0.2) is 9.97 Å². The topological polar surface area (TPSA) is 78.4 Å². The number of amides is 2. The molecule has 1 aliphatic rings. The summed E-state index contributed by atoms with van der Waals surface area (Å²) in [5, 5.41) is 2.83. The van der Waals surface area contributed by atoms with E-state index in [1.165, 1.54) is 6.33 Å². The lowest BCUT2D eigenvalue weighted by atomic mass is 10.2. The fraction of sp³-hybridized carbons (Fsp3) is 0.294. The summed E-state index contributed by atoms with van der Waals surface area (Å²) in [5.41, 5.74) is 2.18. The Balaban J connectivity index is 1.69. The Morgan fingerprint density at radius 1 is 1.12 bits per heavy atom. The molecule has 0 unspecified atom stereocenters. The number of nitrogens with zero attached hydrogens (tertiary/aromatic N) is 4. The third kappa shape index (κ3) is 3.68. The molecule has 1 N–H and O–H groups in total. The van der Waals surface area contributed by atoms with E-state index in [0.29, 0.717) is 37.7 Å². The Hall–Kier alpha value is -2.96. The first-order chi connectivity index (χ1) is 11.7. The molecule has 7 nitrogen and oxygen atoms in total. The van der Waals surface area contributed by atoms with Crippen LogP contribution in [0.3, 0.4) is 0 Å². The SMILES string of the molecule is Cc1ccc(NC(=O)c2cc(N3CCN(C=O)CC3)ncn2)cc1. The van der Waals surface area contributed by atoms with Gasteiger partial charge in [0.05, 0.1) is 0 Å². The van der Waals surface area contributed by atoms with Gasteiger partial charge in [-0.3, -0.25) is 9.59 Å². The number of carbonyl (C=O) groups excluding carboxylic acids is 2. The predicted molar refractivity (Wildman–Crippen MR) is 91.0 cm³/mol. The molecule has 0 spiro atoms. The molecular weight excluding hydrogens is 306 g/mol. The van der Waals surface area contributed by atoms with Crippen LogP contribution in [0.4, 0.5) is 11.5 Å². The van der Waals surface area contributed by atoms with Crippen molar-refractivity contribution in [3.05, 3.63) is 47.9 Å². The Bertz CT molecular complexity index is 724. The van der Waals surface area contributed by atoms with E-state index in [1.807, 2.05) is 36.1 Å². The molecule has 0 saturated carbocycles. The van der Waals surface area contributed by atoms with Gasteiger partial charge in [0.15, 0.2) is 0 Å². The van der Waals surface area contributed by atoms with Crippen molar-refractivity contribution in [2.24, 2.45) is 0 Å². The van der Waals surface area contributed by atoms with Gasteiger partial charge in [-0.05, 0) is 19.1 Å². The number of piperazine rings is 1. The molecule has 7 heteroatoms. The van der Waals surface area contributed by atoms with Gasteiger partial charge < -0.3 is 15.1 Å². The lowest BCUT2D eigenvalue weighted by Gasteiger charge is -2.33. The molecular formula is C17H19N5O2. The van der Waals surface area contributed by atoms with Gasteiger partial charge in [0.25, 0.3) is 5.91 Å². The van der Waals surface area contributed by atoms with E-state index in [0.717, 1.165) is 17.7 Å². The maximum Gasteiger partial charge on any atom is 0.274 e. The highest BCUT2D eigenvalue weighted by molar-refractivity contribution is 6.03. The van der Waals surface area contributed by atoms with Crippen LogP contribution in [0.1, 0.15) is 16.1 Å². The Labute approximate surface area is 140 Å². The van der Waals surface area contributed by atoms with Gasteiger partial charge in [-0.1, -0.05) is 17.7 Å². The fourth-order valence-corrected chi connectivity index (χ4v) is 2.53. The minimum atomic E-state index is -0.269. The van der Waals surface area contributed by atoms with Crippen LogP contribution < -0.4 is 10.2 Å². The van der Waals surface area contributed by atoms with E-state index in [-0.39, 0.29) is 5.91 Å². The largest absolute Gasteiger partial charge is 0.353 e. The molecule has 124 valence electrons. The number of rotatable bonds is 4. The molecule has 2 aromatic rings. The van der Waals surface area contributed by atoms with E-state index in [4.69, 9.17) is 0 Å². The number of aryl methyl sites for hydroxylation is 1. The molecule has 24 heavy (non-hydrogen) atoms. The maximum absolute atomic E-state index is 12.4. The van der Waals surface area contributed by atoms with Crippen LogP contribution in [0.2, 0.25) is 0 Å². The minimum absolute atomic E-state index is 0.269. The fourth-order valence-electron chi connectivity index (χ4n) is 2.53. The average molecular weight is 325 g/mol. The Morgan fingerprint density at radius 3 is 2.50 bits per heavy atom. The lowest BCUT2D eigenvalue weighted by Crippen LogP contribution is -2.46. The lowest BCUT2D eigenvalue weighted by molar-refractivity contribution is -0.118. The quantitative estimate of drug-likeness (QED) is 0.858. The first kappa shape index (κ1) is 15.9. The summed E-state index contributed by atoms with van der Waals surface area (Å²) < 4.78 is 0. The van der Waals surface area contributed by atoms with Crippen molar-refractivity contribution in [3.63, 3.8) is 0 Å². The van der Waals surface area contributed by atoms with E-state index in [1.54, 1.807) is 11.0 Å². The zero-order valence-electron chi connectivity index (χ0n) is 13.5. The number of anilines is 2. The third-order valence-corrected chi connectivity index (χ3v) is 3.98. The molecule has 0 atom stereocenters. The van der Waals surface area contributed by atoms with Crippen LogP contribution in [0, 0.1) is 6.92 Å². The second-order valence-corrected chi connectivity index (χ2v) is 5.71. The number of aromatic nitrogens is 2. The van der Waals surface area contributed by atoms with Gasteiger partial charge in [-0.15, -0.1) is 0 Å². The highest BCUT2D eigenvalue weighted by atomic mass is 16.2. The Morgan fingerprint density at radius 2 is 1.83 bits per heavy atom. The second-order valence-electron chi connectivity index (χ2n) is 5.71. The summed E-state index contributed by atoms with van der Waals surface area (Å²) in [7, 11) is 0. The summed E-state index contributed by atoms with van der Waals surface area (Å²) in [6.07, 6.45) is 2.25. The highest BCUT2D eigenvalue weighted by Gasteiger charge is 2.18. The summed E-state index contributed by atoms with van der Waals surface area (Å²) in [6.45, 7) is 4.67. The standard InChI is InChI=1S/C17H19N5O2/c1-13-2-4-14(5-3-13)20-17(24)15-10-16(19-11-18-15)22-8-6-21(12-23)7-9-22/h2-5,10-12H,6-9H2,1H3,(H,20,24). The molecule has 1 saturated heterocycles. The van der Waals surface area contributed by atoms with Crippen molar-refractivity contribution in [2.45, 2.75) is 6.92 Å². The molecule has 0 radical (unpaired) electrons. The van der Waals surface area contributed by atoms with Crippen molar-refractivity contribution < 1.29 is 9.59 Å². The number of nitrogens with one attached hydrogen (secondary N) is 1. The van der Waals surface area contributed by atoms with Gasteiger partial charge in [0, 0.05) is 37.9 Å². The molecule has 1 aromatic heterocycles. The number of hydrogen-bond donors (Lipinski definition) is 1. The second kappa shape index (κ2) is 7.08. The van der Waals surface area contributed by atoms with Crippen LogP contribution >= 0.6 is 0 Å². The molecule has 2 amide bonds. The first-order valence-corrected chi connectivity index (χ1v) is 7.80. The highest BCUT2D eigenvalue weighted by Crippen LogP contribution is 2.15. The maximum atomic E-state index is 12.4. The van der Waals surface area contributed by atoms with E-state index in [9.17, 15) is 9.59 Å². The normalized spacial score (nSPS) is 14.4. The smallest absolute Gasteiger partial charge is 0.274 e. The van der Waals surface area contributed by atoms with Gasteiger partial charge in [0.2, 0.25) is 6.41 Å². The van der Waals surface area contributed by atoms with Gasteiger partial charge >= 0.3 is 0 Å². The summed E-state index contributed by atoms with van der Waals surface area (Å²) >= 11 is 0. The number of benzene rings is 1. The van der Waals surface area contributed by atoms with Gasteiger partial charge in [0.1, 0.15) is 17.8 Å². The molecule has 1 fully saturated rings. The summed E-state index contributed by atoms with van der Waals surface area (Å²) in [5.74, 6) is 0.429. The molecule has 1 aliphatic heterocycles. The van der Waals surface area contributed by atoms with Crippen LogP contribution in [0.15, 0.2) is 36.7 Å². The van der Waals surface area contributed by atoms with Gasteiger partial charge in [-0.2, -0.15) is 0 Å². The average Bonchev–Trinajstić information content (AvgIpc) is 2.64. The molecule has 0 aliphatic carbocycles. The Kier molecular flexibility index (Phi) is 4.69. The number of carbonyl (C=O) groups is 2. The zero-order chi connectivity index (χ0) is 16.9. The van der Waals surface area contributed by atoms with Crippen LogP contribution in [-0.2, 0) is 4.79 Å². The van der Waals surface area contributed by atoms with E-state index < -0.39 is 0 Å². The van der Waals surface area contributed by atoms with E-state index >= 15 is 0 Å². The van der Waals surface area contributed by atoms with E-state index in [2.05, 4.69) is 15.3 Å². The zero-order valence-corrected chi connectivity index (χ0v) is 13.5. The van der Waals surface area contributed by atoms with Crippen molar-refractivity contribution in [3.8, 4) is 0 Å². The van der Waals surface area contributed by atoms with Crippen molar-refractivity contribution >= 4 is 23.8 Å². The van der Waals surface area contributed by atoms with Crippen LogP contribution in [0.25, 0.3) is 0 Å². The summed E-state index contributed by atoms with van der Waals surface area (Å²) in [4.78, 5) is 35.2. The predicted octanol–water partition coefficient (Wildman–Crippen LogP) is 1.32. The minimum Gasteiger partial charge on any atom is -0.353 e. The van der Waals surface area contributed by atoms with Crippen molar-refractivity contribution in [1.29, 1.82) is 0 Å². The molecule has 3 rings (SSSR count). The monoisotopic (exact) mass is 325 g/mol. The first-order valence-electron chi connectivity index (χ1n) is 7.80. The molecule has 2 heterocycles. The third-order valence-electron chi connectivity index (χ3n) is 3.98. The number of hydrogen-bond acceptors (Lipinski definition) is 5. The van der Waals surface area contributed by atoms with Crippen molar-refractivity contribution in [2.75, 3.05) is 36.4 Å². The van der Waals surface area contributed by atoms with Crippen LogP contribution in [-0.4, -0.2) is 53.4 Å². The summed E-state index contributed by atoms with van der Waals surface area (Å²) in [6, 6.07) is 9.27. The molecule has 1 aromatic carbocycles.